The third kappa shape index (κ3) is 2.40. The Morgan fingerprint density at radius 1 is 0.850 bits per heavy atom. The van der Waals surface area contributed by atoms with Gasteiger partial charge >= 0.3 is 0 Å². The Balaban J connectivity index is 2.28. The van der Waals surface area contributed by atoms with Gasteiger partial charge in [-0.25, -0.2) is 0 Å². The topological polar surface area (TPSA) is 43.4 Å². The van der Waals surface area contributed by atoms with Crippen LogP contribution in [0.4, 0.5) is 0 Å². The van der Waals surface area contributed by atoms with E-state index in [0.717, 1.165) is 16.7 Å². The van der Waals surface area contributed by atoms with E-state index in [9.17, 15) is 8.42 Å². The fraction of sp³-hybridized carbons (Fsp3) is 0.125. The van der Waals surface area contributed by atoms with Crippen LogP contribution in [0.2, 0.25) is 0 Å². The van der Waals surface area contributed by atoms with Crippen LogP contribution in [-0.4, -0.2) is 15.0 Å². The Morgan fingerprint density at radius 2 is 1.35 bits per heavy atom. The summed E-state index contributed by atoms with van der Waals surface area (Å²) in [5, 5.41) is 0. The molecule has 1 fully saturated rings. The molecule has 2 aromatic carbocycles. The Morgan fingerprint density at radius 3 is 1.75 bits per heavy atom. The Bertz CT molecular complexity index is 690. The highest BCUT2D eigenvalue weighted by atomic mass is 32.2. The van der Waals surface area contributed by atoms with Crippen molar-refractivity contribution in [3.63, 3.8) is 0 Å². The molecule has 0 spiro atoms. The fourth-order valence-electron chi connectivity index (χ4n) is 2.39. The van der Waals surface area contributed by atoms with Crippen molar-refractivity contribution in [2.45, 2.75) is 6.42 Å². The maximum Gasteiger partial charge on any atom is 0.293 e. The molecule has 1 aliphatic heterocycles. The molecule has 3 rings (SSSR count). The van der Waals surface area contributed by atoms with Gasteiger partial charge in [0, 0.05) is 12.0 Å². The van der Waals surface area contributed by atoms with E-state index < -0.39 is 10.1 Å². The van der Waals surface area contributed by atoms with E-state index in [-0.39, 0.29) is 6.61 Å². The summed E-state index contributed by atoms with van der Waals surface area (Å²) in [5.74, 6) is 0. The highest BCUT2D eigenvalue weighted by Crippen LogP contribution is 2.35. The molecule has 0 bridgehead atoms. The predicted octanol–water partition coefficient (Wildman–Crippen LogP) is 3.20. The largest absolute Gasteiger partial charge is 0.293 e. The molecule has 1 aliphatic rings. The van der Waals surface area contributed by atoms with Crippen molar-refractivity contribution in [1.82, 2.24) is 0 Å². The van der Waals surface area contributed by atoms with Crippen LogP contribution in [0.25, 0.3) is 5.57 Å². The highest BCUT2D eigenvalue weighted by Gasteiger charge is 2.30. The first kappa shape index (κ1) is 13.1. The SMILES string of the molecule is O=S1(=O)OCCC1=C(c1ccccc1)c1ccccc1. The number of benzene rings is 2. The fourth-order valence-corrected chi connectivity index (χ4v) is 3.65. The molecule has 1 heterocycles. The lowest BCUT2D eigenvalue weighted by Gasteiger charge is -2.11. The molecule has 20 heavy (non-hydrogen) atoms. The van der Waals surface area contributed by atoms with Gasteiger partial charge < -0.3 is 0 Å². The second kappa shape index (κ2) is 5.23. The van der Waals surface area contributed by atoms with Crippen molar-refractivity contribution in [2.24, 2.45) is 0 Å². The summed E-state index contributed by atoms with van der Waals surface area (Å²) in [5.41, 5.74) is 2.52. The average molecular weight is 286 g/mol. The van der Waals surface area contributed by atoms with Gasteiger partial charge in [0.2, 0.25) is 0 Å². The Kier molecular flexibility index (Phi) is 3.42. The highest BCUT2D eigenvalue weighted by molar-refractivity contribution is 7.91. The third-order valence-electron chi connectivity index (χ3n) is 3.27. The van der Waals surface area contributed by atoms with Gasteiger partial charge in [0.15, 0.2) is 0 Å². The summed E-state index contributed by atoms with van der Waals surface area (Å²) < 4.78 is 29.0. The molecular weight excluding hydrogens is 272 g/mol. The lowest BCUT2D eigenvalue weighted by Crippen LogP contribution is -2.02. The van der Waals surface area contributed by atoms with Gasteiger partial charge in [0.1, 0.15) is 0 Å². The maximum atomic E-state index is 12.1. The molecule has 4 heteroatoms. The Hall–Kier alpha value is -1.91. The van der Waals surface area contributed by atoms with Crippen molar-refractivity contribution >= 4 is 15.7 Å². The predicted molar refractivity (Wildman–Crippen MR) is 78.4 cm³/mol. The molecule has 2 aromatic rings. The molecular formula is C16H14O3S. The van der Waals surface area contributed by atoms with Gasteiger partial charge in [0.25, 0.3) is 10.1 Å². The zero-order chi connectivity index (χ0) is 14.0. The standard InChI is InChI=1S/C16H14O3S/c17-20(18)15(11-12-19-20)16(13-7-3-1-4-8-13)14-9-5-2-6-10-14/h1-10H,11-12H2. The van der Waals surface area contributed by atoms with Crippen LogP contribution in [-0.2, 0) is 14.3 Å². The molecule has 0 unspecified atom stereocenters. The van der Waals surface area contributed by atoms with Gasteiger partial charge in [-0.1, -0.05) is 60.7 Å². The number of hydrogen-bond donors (Lipinski definition) is 0. The van der Waals surface area contributed by atoms with Crippen LogP contribution >= 0.6 is 0 Å². The molecule has 0 atom stereocenters. The summed E-state index contributed by atoms with van der Waals surface area (Å²) in [4.78, 5) is 0.370. The van der Waals surface area contributed by atoms with Gasteiger partial charge in [-0.3, -0.25) is 4.18 Å². The van der Waals surface area contributed by atoms with Crippen molar-refractivity contribution in [2.75, 3.05) is 6.61 Å². The van der Waals surface area contributed by atoms with E-state index >= 15 is 0 Å². The summed E-state index contributed by atoms with van der Waals surface area (Å²) in [6, 6.07) is 19.1. The minimum absolute atomic E-state index is 0.223. The first-order valence-electron chi connectivity index (χ1n) is 6.42. The molecule has 0 saturated carbocycles. The van der Waals surface area contributed by atoms with Crippen LogP contribution in [0.3, 0.4) is 0 Å². The monoisotopic (exact) mass is 286 g/mol. The van der Waals surface area contributed by atoms with E-state index in [1.807, 2.05) is 60.7 Å². The lowest BCUT2D eigenvalue weighted by molar-refractivity contribution is 0.354. The van der Waals surface area contributed by atoms with E-state index in [1.54, 1.807) is 0 Å². The quantitative estimate of drug-likeness (QED) is 0.796. The lowest BCUT2D eigenvalue weighted by atomic mass is 9.97. The van der Waals surface area contributed by atoms with E-state index in [1.165, 1.54) is 0 Å². The van der Waals surface area contributed by atoms with Gasteiger partial charge in [-0.15, -0.1) is 0 Å². The van der Waals surface area contributed by atoms with Crippen LogP contribution in [0.1, 0.15) is 17.5 Å². The third-order valence-corrected chi connectivity index (χ3v) is 4.76. The number of hydrogen-bond acceptors (Lipinski definition) is 3. The van der Waals surface area contributed by atoms with E-state index in [0.29, 0.717) is 11.3 Å². The summed E-state index contributed by atoms with van der Waals surface area (Å²) in [7, 11) is -3.60. The van der Waals surface area contributed by atoms with Gasteiger partial charge in [0.05, 0.1) is 11.5 Å². The molecule has 3 nitrogen and oxygen atoms in total. The normalized spacial score (nSPS) is 17.1. The zero-order valence-electron chi connectivity index (χ0n) is 10.8. The van der Waals surface area contributed by atoms with Crippen molar-refractivity contribution < 1.29 is 12.6 Å². The Labute approximate surface area is 118 Å². The molecule has 102 valence electrons. The first-order chi connectivity index (χ1) is 9.68. The van der Waals surface area contributed by atoms with Crippen LogP contribution in [0.15, 0.2) is 65.6 Å². The summed E-state index contributed by atoms with van der Waals surface area (Å²) >= 11 is 0. The summed E-state index contributed by atoms with van der Waals surface area (Å²) in [6.45, 7) is 0.223. The van der Waals surface area contributed by atoms with Gasteiger partial charge in [-0.05, 0) is 11.1 Å². The summed E-state index contributed by atoms with van der Waals surface area (Å²) in [6.07, 6.45) is 0.418. The van der Waals surface area contributed by atoms with Crippen LogP contribution in [0.5, 0.6) is 0 Å². The number of rotatable bonds is 2. The van der Waals surface area contributed by atoms with Crippen molar-refractivity contribution in [1.29, 1.82) is 0 Å². The van der Waals surface area contributed by atoms with Crippen LogP contribution in [0, 0.1) is 0 Å². The molecule has 0 aliphatic carbocycles. The van der Waals surface area contributed by atoms with E-state index in [4.69, 9.17) is 4.18 Å². The maximum absolute atomic E-state index is 12.1. The molecule has 0 amide bonds. The minimum Gasteiger partial charge on any atom is -0.266 e. The average Bonchev–Trinajstić information content (AvgIpc) is 2.81. The second-order valence-corrected chi connectivity index (χ2v) is 6.19. The van der Waals surface area contributed by atoms with Crippen LogP contribution < -0.4 is 0 Å². The molecule has 0 N–H and O–H groups in total. The van der Waals surface area contributed by atoms with Crippen molar-refractivity contribution in [3.8, 4) is 0 Å². The van der Waals surface area contributed by atoms with E-state index in [2.05, 4.69) is 0 Å². The molecule has 1 saturated heterocycles. The first-order valence-corrected chi connectivity index (χ1v) is 7.83. The minimum atomic E-state index is -3.60. The van der Waals surface area contributed by atoms with Gasteiger partial charge in [-0.2, -0.15) is 8.42 Å². The smallest absolute Gasteiger partial charge is 0.266 e. The molecule has 0 aromatic heterocycles. The zero-order valence-corrected chi connectivity index (χ0v) is 11.6. The van der Waals surface area contributed by atoms with Crippen molar-refractivity contribution in [3.05, 3.63) is 76.7 Å². The molecule has 0 radical (unpaired) electrons. The second-order valence-electron chi connectivity index (χ2n) is 4.56.